The number of amides is 1. The van der Waals surface area contributed by atoms with E-state index in [1.165, 1.54) is 0 Å². The van der Waals surface area contributed by atoms with Gasteiger partial charge in [-0.3, -0.25) is 9.89 Å². The summed E-state index contributed by atoms with van der Waals surface area (Å²) in [6.45, 7) is 6.91. The number of hydrogen-bond acceptors (Lipinski definition) is 3. The van der Waals surface area contributed by atoms with Gasteiger partial charge in [0.15, 0.2) is 10.6 Å². The van der Waals surface area contributed by atoms with Gasteiger partial charge in [-0.15, -0.1) is 0 Å². The second-order valence-corrected chi connectivity index (χ2v) is 5.84. The summed E-state index contributed by atoms with van der Waals surface area (Å²) in [4.78, 5) is 12.2. The van der Waals surface area contributed by atoms with Gasteiger partial charge in [0.2, 0.25) is 0 Å². The van der Waals surface area contributed by atoms with E-state index in [4.69, 9.17) is 12.2 Å². The van der Waals surface area contributed by atoms with Gasteiger partial charge in [-0.05, 0) is 37.2 Å². The van der Waals surface area contributed by atoms with E-state index in [0.717, 1.165) is 12.4 Å². The summed E-state index contributed by atoms with van der Waals surface area (Å²) in [5, 5.41) is 10.00. The first-order valence-electron chi connectivity index (χ1n) is 7.00. The topological polar surface area (TPSA) is 62.7 Å². The molecule has 21 heavy (non-hydrogen) atoms. The van der Waals surface area contributed by atoms with E-state index in [1.54, 1.807) is 12.1 Å². The molecule has 1 amide bonds. The zero-order valence-electron chi connectivity index (χ0n) is 12.5. The molecule has 0 aliphatic carbocycles. The fourth-order valence-electron chi connectivity index (χ4n) is 2.14. The first-order chi connectivity index (χ1) is 9.99. The number of carbonyl (C=O) groups excluding carboxylic acids is 1. The van der Waals surface area contributed by atoms with Crippen LogP contribution in [-0.2, 0) is 6.54 Å². The van der Waals surface area contributed by atoms with Crippen molar-refractivity contribution in [3.8, 4) is 0 Å². The Morgan fingerprint density at radius 3 is 2.62 bits per heavy atom. The predicted octanol–water partition coefficient (Wildman–Crippen LogP) is 3.09. The Bertz CT molecular complexity index is 660. The maximum atomic E-state index is 12.2. The van der Waals surface area contributed by atoms with Crippen LogP contribution in [0.25, 0.3) is 0 Å². The van der Waals surface area contributed by atoms with E-state index in [2.05, 4.69) is 29.4 Å². The normalized spacial score (nSPS) is 12.4. The molecular formula is C15H20N4OS. The molecule has 1 unspecified atom stereocenters. The highest BCUT2D eigenvalue weighted by Gasteiger charge is 2.17. The van der Waals surface area contributed by atoms with Crippen LogP contribution in [-0.4, -0.2) is 20.7 Å². The van der Waals surface area contributed by atoms with Crippen LogP contribution in [0.3, 0.4) is 0 Å². The van der Waals surface area contributed by atoms with Crippen LogP contribution in [0.2, 0.25) is 0 Å². The van der Waals surface area contributed by atoms with Gasteiger partial charge < -0.3 is 9.88 Å². The lowest BCUT2D eigenvalue weighted by Crippen LogP contribution is -2.29. The number of nitrogens with zero attached hydrogens (tertiary/aromatic N) is 2. The number of carbonyl (C=O) groups is 1. The van der Waals surface area contributed by atoms with Crippen molar-refractivity contribution in [2.45, 2.75) is 33.4 Å². The summed E-state index contributed by atoms with van der Waals surface area (Å²) in [5.41, 5.74) is 0.633. The minimum absolute atomic E-state index is 0.117. The quantitative estimate of drug-likeness (QED) is 0.834. The lowest BCUT2D eigenvalue weighted by atomic mass is 10.2. The number of hydrogen-bond donors (Lipinski definition) is 2. The lowest BCUT2D eigenvalue weighted by Gasteiger charge is -2.16. The Labute approximate surface area is 129 Å². The van der Waals surface area contributed by atoms with Crippen molar-refractivity contribution >= 4 is 18.1 Å². The SMILES string of the molecule is CC(C)Cn1c(C(C)NC(=O)c2ccccc2)n[nH]c1=S. The highest BCUT2D eigenvalue weighted by Crippen LogP contribution is 2.13. The summed E-state index contributed by atoms with van der Waals surface area (Å²) in [6.07, 6.45) is 0. The largest absolute Gasteiger partial charge is 0.342 e. The molecule has 2 rings (SSSR count). The van der Waals surface area contributed by atoms with E-state index >= 15 is 0 Å². The first-order valence-corrected chi connectivity index (χ1v) is 7.41. The van der Waals surface area contributed by atoms with Crippen molar-refractivity contribution in [2.24, 2.45) is 5.92 Å². The minimum Gasteiger partial charge on any atom is -0.342 e. The number of benzene rings is 1. The molecule has 1 atom stereocenters. The minimum atomic E-state index is -0.218. The first kappa shape index (κ1) is 15.4. The fraction of sp³-hybridized carbons (Fsp3) is 0.400. The van der Waals surface area contributed by atoms with Crippen molar-refractivity contribution in [3.05, 3.63) is 46.5 Å². The van der Waals surface area contributed by atoms with Crippen LogP contribution in [0.5, 0.6) is 0 Å². The molecule has 0 radical (unpaired) electrons. The van der Waals surface area contributed by atoms with Gasteiger partial charge in [-0.1, -0.05) is 32.0 Å². The van der Waals surface area contributed by atoms with Crippen molar-refractivity contribution in [1.29, 1.82) is 0 Å². The van der Waals surface area contributed by atoms with Crippen molar-refractivity contribution < 1.29 is 4.79 Å². The van der Waals surface area contributed by atoms with Gasteiger partial charge in [-0.25, -0.2) is 0 Å². The van der Waals surface area contributed by atoms with Gasteiger partial charge >= 0.3 is 0 Å². The molecular weight excluding hydrogens is 284 g/mol. The molecule has 0 bridgehead atoms. The molecule has 0 saturated heterocycles. The number of H-pyrrole nitrogens is 1. The summed E-state index contributed by atoms with van der Waals surface area (Å²) >= 11 is 5.25. The van der Waals surface area contributed by atoms with E-state index in [1.807, 2.05) is 29.7 Å². The number of aromatic amines is 1. The van der Waals surface area contributed by atoms with Crippen LogP contribution >= 0.6 is 12.2 Å². The Hall–Kier alpha value is -1.95. The molecule has 0 fully saturated rings. The van der Waals surface area contributed by atoms with E-state index < -0.39 is 0 Å². The van der Waals surface area contributed by atoms with Gasteiger partial charge in [0.25, 0.3) is 5.91 Å². The number of aromatic nitrogens is 3. The number of nitrogens with one attached hydrogen (secondary N) is 2. The van der Waals surface area contributed by atoms with Gasteiger partial charge in [0.1, 0.15) is 0 Å². The smallest absolute Gasteiger partial charge is 0.251 e. The third kappa shape index (κ3) is 3.78. The van der Waals surface area contributed by atoms with Crippen molar-refractivity contribution in [3.63, 3.8) is 0 Å². The Balaban J connectivity index is 2.16. The zero-order chi connectivity index (χ0) is 15.4. The van der Waals surface area contributed by atoms with Crippen molar-refractivity contribution in [2.75, 3.05) is 0 Å². The van der Waals surface area contributed by atoms with Crippen LogP contribution in [0, 0.1) is 10.7 Å². The summed E-state index contributed by atoms with van der Waals surface area (Å²) in [5.74, 6) is 1.08. The molecule has 112 valence electrons. The second-order valence-electron chi connectivity index (χ2n) is 5.45. The monoisotopic (exact) mass is 304 g/mol. The molecule has 2 aromatic rings. The van der Waals surface area contributed by atoms with Gasteiger partial charge in [-0.2, -0.15) is 5.10 Å². The Morgan fingerprint density at radius 1 is 1.33 bits per heavy atom. The highest BCUT2D eigenvalue weighted by atomic mass is 32.1. The zero-order valence-corrected chi connectivity index (χ0v) is 13.3. The average Bonchev–Trinajstić information content (AvgIpc) is 2.80. The summed E-state index contributed by atoms with van der Waals surface area (Å²) in [7, 11) is 0. The average molecular weight is 304 g/mol. The molecule has 0 saturated carbocycles. The van der Waals surface area contributed by atoms with Crippen LogP contribution in [0.15, 0.2) is 30.3 Å². The predicted molar refractivity (Wildman–Crippen MR) is 84.6 cm³/mol. The van der Waals surface area contributed by atoms with Gasteiger partial charge in [0.05, 0.1) is 6.04 Å². The third-order valence-corrected chi connectivity index (χ3v) is 3.42. The molecule has 0 aliphatic rings. The molecule has 6 heteroatoms. The molecule has 1 aromatic heterocycles. The summed E-state index contributed by atoms with van der Waals surface area (Å²) < 4.78 is 2.52. The maximum Gasteiger partial charge on any atom is 0.251 e. The lowest BCUT2D eigenvalue weighted by molar-refractivity contribution is 0.0937. The molecule has 1 aromatic carbocycles. The summed E-state index contributed by atoms with van der Waals surface area (Å²) in [6, 6.07) is 8.92. The molecule has 5 nitrogen and oxygen atoms in total. The van der Waals surface area contributed by atoms with E-state index in [0.29, 0.717) is 16.3 Å². The highest BCUT2D eigenvalue weighted by molar-refractivity contribution is 7.71. The van der Waals surface area contributed by atoms with Gasteiger partial charge in [0, 0.05) is 12.1 Å². The number of rotatable bonds is 5. The molecule has 1 heterocycles. The van der Waals surface area contributed by atoms with Crippen LogP contribution in [0.1, 0.15) is 43.0 Å². The third-order valence-electron chi connectivity index (χ3n) is 3.11. The Morgan fingerprint density at radius 2 is 2.00 bits per heavy atom. The van der Waals surface area contributed by atoms with E-state index in [-0.39, 0.29) is 11.9 Å². The van der Waals surface area contributed by atoms with Crippen LogP contribution < -0.4 is 5.32 Å². The Kier molecular flexibility index (Phi) is 4.90. The second kappa shape index (κ2) is 6.67. The molecule has 0 aliphatic heterocycles. The fourth-order valence-corrected chi connectivity index (χ4v) is 2.35. The molecule has 0 spiro atoms. The van der Waals surface area contributed by atoms with E-state index in [9.17, 15) is 4.79 Å². The maximum absolute atomic E-state index is 12.2. The van der Waals surface area contributed by atoms with Crippen LogP contribution in [0.4, 0.5) is 0 Å². The molecule has 2 N–H and O–H groups in total. The van der Waals surface area contributed by atoms with Crippen molar-refractivity contribution in [1.82, 2.24) is 20.1 Å². The standard InChI is InChI=1S/C15H20N4OS/c1-10(2)9-19-13(17-18-15(19)21)11(3)16-14(20)12-7-5-4-6-8-12/h4-8,10-11H,9H2,1-3H3,(H,16,20)(H,18,21).